The van der Waals surface area contributed by atoms with Crippen molar-refractivity contribution in [2.24, 2.45) is 0 Å². The van der Waals surface area contributed by atoms with Gasteiger partial charge in [0, 0.05) is 18.5 Å². The summed E-state index contributed by atoms with van der Waals surface area (Å²) in [4.78, 5) is 0. The van der Waals surface area contributed by atoms with Gasteiger partial charge in [0.1, 0.15) is 5.82 Å². The first-order valence-electron chi connectivity index (χ1n) is 6.43. The molecule has 0 aliphatic heterocycles. The molecule has 0 saturated heterocycles. The van der Waals surface area contributed by atoms with Crippen LogP contribution < -0.4 is 0 Å². The fraction of sp³-hybridized carbons (Fsp3) is 0.357. The van der Waals surface area contributed by atoms with Crippen molar-refractivity contribution in [3.63, 3.8) is 0 Å². The topological polar surface area (TPSA) is 38.0 Å². The Hall–Kier alpha value is -1.41. The number of nitrogens with zero attached hydrogens (tertiary/aromatic N) is 2. The molecule has 8 heteroatoms. The summed E-state index contributed by atoms with van der Waals surface area (Å²) >= 11 is 3.34. The van der Waals surface area contributed by atoms with Crippen molar-refractivity contribution in [1.82, 2.24) is 9.78 Å². The minimum atomic E-state index is -4.66. The van der Waals surface area contributed by atoms with Crippen LogP contribution in [0.15, 0.2) is 28.7 Å². The highest BCUT2D eigenvalue weighted by molar-refractivity contribution is 9.10. The molecule has 0 aliphatic rings. The Kier molecular flexibility index (Phi) is 4.91. The van der Waals surface area contributed by atoms with E-state index in [1.165, 1.54) is 28.9 Å². The summed E-state index contributed by atoms with van der Waals surface area (Å²) < 4.78 is 52.1. The average Bonchev–Trinajstić information content (AvgIpc) is 2.72. The number of hydrogen-bond donors (Lipinski definition) is 1. The van der Waals surface area contributed by atoms with Crippen LogP contribution in [-0.4, -0.2) is 27.2 Å². The van der Waals surface area contributed by atoms with Crippen LogP contribution in [0, 0.1) is 12.7 Å². The predicted octanol–water partition coefficient (Wildman–Crippen LogP) is 4.07. The number of aliphatic hydroxyl groups excluding tert-OH is 1. The van der Waals surface area contributed by atoms with Crippen LogP contribution in [-0.2, 0) is 6.54 Å². The Morgan fingerprint density at radius 1 is 1.27 bits per heavy atom. The number of aromatic nitrogens is 2. The van der Waals surface area contributed by atoms with Crippen molar-refractivity contribution in [3.8, 4) is 11.3 Å². The van der Waals surface area contributed by atoms with E-state index in [1.807, 2.05) is 0 Å². The van der Waals surface area contributed by atoms with Gasteiger partial charge < -0.3 is 5.11 Å². The van der Waals surface area contributed by atoms with Gasteiger partial charge in [-0.05, 0) is 47.1 Å². The number of rotatable bonds is 4. The molecule has 0 aliphatic carbocycles. The van der Waals surface area contributed by atoms with Gasteiger partial charge in [0.15, 0.2) is 6.10 Å². The second kappa shape index (κ2) is 6.37. The van der Waals surface area contributed by atoms with Crippen LogP contribution in [0.4, 0.5) is 17.6 Å². The minimum absolute atomic E-state index is 0.111. The molecule has 2 aromatic rings. The third-order valence-corrected chi connectivity index (χ3v) is 4.11. The lowest BCUT2D eigenvalue weighted by Gasteiger charge is -2.15. The maximum Gasteiger partial charge on any atom is 0.414 e. The first-order chi connectivity index (χ1) is 10.2. The molecule has 2 rings (SSSR count). The highest BCUT2D eigenvalue weighted by Gasteiger charge is 2.37. The average molecular weight is 381 g/mol. The van der Waals surface area contributed by atoms with Crippen molar-refractivity contribution >= 4 is 15.9 Å². The number of benzene rings is 1. The normalized spacial score (nSPS) is 13.4. The van der Waals surface area contributed by atoms with Gasteiger partial charge in [-0.2, -0.15) is 18.3 Å². The zero-order valence-electron chi connectivity index (χ0n) is 11.5. The van der Waals surface area contributed by atoms with Gasteiger partial charge in [0.05, 0.1) is 15.9 Å². The Bertz CT molecular complexity index is 652. The molecule has 22 heavy (non-hydrogen) atoms. The van der Waals surface area contributed by atoms with E-state index in [1.54, 1.807) is 6.92 Å². The summed E-state index contributed by atoms with van der Waals surface area (Å²) in [6.07, 6.45) is -7.57. The molecule has 1 unspecified atom stereocenters. The maximum absolute atomic E-state index is 13.0. The molecule has 1 aromatic carbocycles. The Morgan fingerprint density at radius 3 is 2.41 bits per heavy atom. The Balaban J connectivity index is 2.29. The first kappa shape index (κ1) is 17.0. The summed E-state index contributed by atoms with van der Waals surface area (Å²) in [7, 11) is 0. The van der Waals surface area contributed by atoms with E-state index in [-0.39, 0.29) is 6.54 Å². The highest BCUT2D eigenvalue weighted by Crippen LogP contribution is 2.32. The fourth-order valence-corrected chi connectivity index (χ4v) is 2.53. The second-order valence-corrected chi connectivity index (χ2v) is 5.62. The molecule has 1 atom stereocenters. The van der Waals surface area contributed by atoms with Gasteiger partial charge in [0.25, 0.3) is 0 Å². The third-order valence-electron chi connectivity index (χ3n) is 3.16. The highest BCUT2D eigenvalue weighted by atomic mass is 79.9. The molecule has 1 heterocycles. The van der Waals surface area contributed by atoms with E-state index < -0.39 is 24.5 Å². The molecule has 0 fully saturated rings. The predicted molar refractivity (Wildman–Crippen MR) is 76.7 cm³/mol. The molecule has 0 radical (unpaired) electrons. The smallest absolute Gasteiger partial charge is 0.384 e. The van der Waals surface area contributed by atoms with E-state index in [0.717, 1.165) is 0 Å². The molecule has 0 amide bonds. The first-order valence-corrected chi connectivity index (χ1v) is 7.23. The SMILES string of the molecule is Cc1nn(CCC(O)C(F)(F)F)c(-c2ccc(F)cc2)c1Br. The van der Waals surface area contributed by atoms with Crippen LogP contribution in [0.25, 0.3) is 11.3 Å². The molecular formula is C14H13BrF4N2O. The number of alkyl halides is 3. The van der Waals surface area contributed by atoms with E-state index in [9.17, 15) is 17.6 Å². The van der Waals surface area contributed by atoms with E-state index in [4.69, 9.17) is 5.11 Å². The molecule has 3 nitrogen and oxygen atoms in total. The number of halogens is 5. The van der Waals surface area contributed by atoms with Crippen LogP contribution >= 0.6 is 15.9 Å². The number of hydrogen-bond acceptors (Lipinski definition) is 2. The van der Waals surface area contributed by atoms with Crippen molar-refractivity contribution in [2.75, 3.05) is 0 Å². The van der Waals surface area contributed by atoms with Gasteiger partial charge in [-0.1, -0.05) is 0 Å². The zero-order valence-corrected chi connectivity index (χ0v) is 13.1. The zero-order chi connectivity index (χ0) is 16.5. The molecule has 0 bridgehead atoms. The lowest BCUT2D eigenvalue weighted by Crippen LogP contribution is -2.29. The Labute approximate surface area is 132 Å². The van der Waals surface area contributed by atoms with Gasteiger partial charge in [-0.25, -0.2) is 4.39 Å². The van der Waals surface area contributed by atoms with Crippen LogP contribution in [0.3, 0.4) is 0 Å². The lowest BCUT2D eigenvalue weighted by atomic mass is 10.1. The monoisotopic (exact) mass is 380 g/mol. The number of aryl methyl sites for hydroxylation is 2. The van der Waals surface area contributed by atoms with Gasteiger partial charge in [-0.3, -0.25) is 4.68 Å². The van der Waals surface area contributed by atoms with Gasteiger partial charge >= 0.3 is 6.18 Å². The second-order valence-electron chi connectivity index (χ2n) is 4.82. The largest absolute Gasteiger partial charge is 0.414 e. The van der Waals surface area contributed by atoms with Gasteiger partial charge in [0.2, 0.25) is 0 Å². The van der Waals surface area contributed by atoms with E-state index >= 15 is 0 Å². The third kappa shape index (κ3) is 3.67. The number of aliphatic hydroxyl groups is 1. The summed E-state index contributed by atoms with van der Waals surface area (Å²) in [6, 6.07) is 5.57. The molecular weight excluding hydrogens is 368 g/mol. The van der Waals surface area contributed by atoms with E-state index in [0.29, 0.717) is 21.4 Å². The maximum atomic E-state index is 13.0. The van der Waals surface area contributed by atoms with Crippen molar-refractivity contribution in [3.05, 3.63) is 40.2 Å². The lowest BCUT2D eigenvalue weighted by molar-refractivity contribution is -0.206. The molecule has 0 saturated carbocycles. The minimum Gasteiger partial charge on any atom is -0.384 e. The molecule has 1 N–H and O–H groups in total. The van der Waals surface area contributed by atoms with Crippen LogP contribution in [0.2, 0.25) is 0 Å². The van der Waals surface area contributed by atoms with Crippen LogP contribution in [0.5, 0.6) is 0 Å². The van der Waals surface area contributed by atoms with Gasteiger partial charge in [-0.15, -0.1) is 0 Å². The van der Waals surface area contributed by atoms with Crippen molar-refractivity contribution in [2.45, 2.75) is 32.2 Å². The van der Waals surface area contributed by atoms with E-state index in [2.05, 4.69) is 21.0 Å². The molecule has 0 spiro atoms. The molecule has 1 aromatic heterocycles. The quantitative estimate of drug-likeness (QED) is 0.811. The summed E-state index contributed by atoms with van der Waals surface area (Å²) in [5.41, 5.74) is 1.77. The summed E-state index contributed by atoms with van der Waals surface area (Å²) in [5.74, 6) is -0.407. The molecule has 120 valence electrons. The Morgan fingerprint density at radius 2 is 1.86 bits per heavy atom. The standard InChI is InChI=1S/C14H13BrF4N2O/c1-8-12(15)13(9-2-4-10(16)5-3-9)21(20-8)7-6-11(22)14(17,18)19/h2-5,11,22H,6-7H2,1H3. The fourth-order valence-electron chi connectivity index (χ4n) is 2.01. The summed E-state index contributed by atoms with van der Waals surface area (Å²) in [5, 5.41) is 13.3. The van der Waals surface area contributed by atoms with Crippen LogP contribution in [0.1, 0.15) is 12.1 Å². The summed E-state index contributed by atoms with van der Waals surface area (Å²) in [6.45, 7) is 1.59. The van der Waals surface area contributed by atoms with Crippen molar-refractivity contribution < 1.29 is 22.7 Å². The van der Waals surface area contributed by atoms with Crippen molar-refractivity contribution in [1.29, 1.82) is 0 Å².